The minimum absolute atomic E-state index is 0.0361. The van der Waals surface area contributed by atoms with E-state index in [1.54, 1.807) is 34.8 Å². The van der Waals surface area contributed by atoms with E-state index in [1.807, 2.05) is 17.5 Å². The van der Waals surface area contributed by atoms with E-state index in [2.05, 4.69) is 9.97 Å². The third-order valence-corrected chi connectivity index (χ3v) is 4.63. The van der Waals surface area contributed by atoms with Crippen LogP contribution in [0, 0.1) is 5.92 Å². The highest BCUT2D eigenvalue weighted by Gasteiger charge is 2.34. The van der Waals surface area contributed by atoms with Crippen LogP contribution in [0.5, 0.6) is 0 Å². The second-order valence-electron chi connectivity index (χ2n) is 5.28. The van der Waals surface area contributed by atoms with Crippen LogP contribution in [0.1, 0.15) is 10.6 Å². The Kier molecular flexibility index (Phi) is 4.26. The molecule has 2 atom stereocenters. The van der Waals surface area contributed by atoms with Gasteiger partial charge in [0.2, 0.25) is 5.91 Å². The molecule has 3 rings (SSSR count). The quantitative estimate of drug-likeness (QED) is 0.920. The highest BCUT2D eigenvalue weighted by molar-refractivity contribution is 7.10. The van der Waals surface area contributed by atoms with Gasteiger partial charge in [-0.25, -0.2) is 0 Å². The molecular weight excluding hydrogens is 286 g/mol. The monoisotopic (exact) mass is 303 g/mol. The first-order valence-corrected chi connectivity index (χ1v) is 7.83. The van der Waals surface area contributed by atoms with E-state index >= 15 is 0 Å². The summed E-state index contributed by atoms with van der Waals surface area (Å²) >= 11 is 1.59. The van der Waals surface area contributed by atoms with Gasteiger partial charge in [0.05, 0.1) is 18.2 Å². The highest BCUT2D eigenvalue weighted by Crippen LogP contribution is 2.22. The third kappa shape index (κ3) is 3.46. The van der Waals surface area contributed by atoms with Crippen molar-refractivity contribution in [1.29, 1.82) is 0 Å². The molecule has 6 heteroatoms. The molecule has 1 amide bonds. The van der Waals surface area contributed by atoms with Crippen molar-refractivity contribution in [2.24, 2.45) is 5.92 Å². The van der Waals surface area contributed by atoms with Crippen molar-refractivity contribution in [3.63, 3.8) is 0 Å². The van der Waals surface area contributed by atoms with Crippen LogP contribution >= 0.6 is 11.3 Å². The molecular formula is C15H17N3O2S. The summed E-state index contributed by atoms with van der Waals surface area (Å²) in [5.74, 6) is 0.118. The van der Waals surface area contributed by atoms with Crippen molar-refractivity contribution >= 4 is 17.2 Å². The van der Waals surface area contributed by atoms with E-state index in [0.29, 0.717) is 25.9 Å². The fourth-order valence-electron chi connectivity index (χ4n) is 2.64. The zero-order chi connectivity index (χ0) is 14.7. The van der Waals surface area contributed by atoms with Crippen LogP contribution in [0.3, 0.4) is 0 Å². The number of β-amino-alcohol motifs (C(OH)–C–C–N with tert-alkyl or cyclic N) is 1. The van der Waals surface area contributed by atoms with Gasteiger partial charge in [-0.05, 0) is 17.9 Å². The number of carbonyl (C=O) groups excluding carboxylic acids is 1. The summed E-state index contributed by atoms with van der Waals surface area (Å²) in [4.78, 5) is 23.3. The third-order valence-electron chi connectivity index (χ3n) is 3.75. The Morgan fingerprint density at radius 1 is 1.43 bits per heavy atom. The lowest BCUT2D eigenvalue weighted by Crippen LogP contribution is -2.30. The van der Waals surface area contributed by atoms with Crippen molar-refractivity contribution in [2.75, 3.05) is 13.1 Å². The molecule has 0 radical (unpaired) electrons. The summed E-state index contributed by atoms with van der Waals surface area (Å²) in [6.07, 6.45) is 5.57. The van der Waals surface area contributed by atoms with E-state index in [4.69, 9.17) is 0 Å². The number of aliphatic hydroxyl groups excluding tert-OH is 1. The Bertz CT molecular complexity index is 588. The molecule has 1 aliphatic rings. The molecule has 21 heavy (non-hydrogen) atoms. The van der Waals surface area contributed by atoms with Gasteiger partial charge >= 0.3 is 0 Å². The topological polar surface area (TPSA) is 66.3 Å². The van der Waals surface area contributed by atoms with Crippen molar-refractivity contribution < 1.29 is 9.90 Å². The Morgan fingerprint density at radius 2 is 2.33 bits per heavy atom. The van der Waals surface area contributed by atoms with Crippen LogP contribution in [0.15, 0.2) is 36.1 Å². The van der Waals surface area contributed by atoms with Gasteiger partial charge in [-0.3, -0.25) is 14.8 Å². The Morgan fingerprint density at radius 3 is 3.05 bits per heavy atom. The molecule has 1 N–H and O–H groups in total. The van der Waals surface area contributed by atoms with E-state index in [1.165, 1.54) is 0 Å². The number of hydrogen-bond donors (Lipinski definition) is 1. The molecule has 3 heterocycles. The minimum Gasteiger partial charge on any atom is -0.391 e. The first-order chi connectivity index (χ1) is 10.2. The molecule has 0 saturated carbocycles. The molecule has 1 saturated heterocycles. The molecule has 0 spiro atoms. The standard InChI is InChI=1S/C15H17N3O2S/c19-14-10-18(15(20)7-13-2-1-5-21-13)9-11(14)6-12-8-16-3-4-17-12/h1-5,8,11,14,19H,6-7,9-10H2/t11-,14-/m1/s1. The maximum absolute atomic E-state index is 12.2. The molecule has 5 nitrogen and oxygen atoms in total. The lowest BCUT2D eigenvalue weighted by atomic mass is 10.0. The fraction of sp³-hybridized carbons (Fsp3) is 0.400. The van der Waals surface area contributed by atoms with Gasteiger partial charge in [-0.2, -0.15) is 0 Å². The SMILES string of the molecule is O=C(Cc1cccs1)N1C[C@@H](Cc2cnccn2)[C@H](O)C1. The lowest BCUT2D eigenvalue weighted by Gasteiger charge is -2.15. The molecule has 2 aromatic rings. The Balaban J connectivity index is 1.59. The number of carbonyl (C=O) groups is 1. The largest absolute Gasteiger partial charge is 0.391 e. The Labute approximate surface area is 127 Å². The van der Waals surface area contributed by atoms with E-state index in [0.717, 1.165) is 10.6 Å². The molecule has 1 aliphatic heterocycles. The summed E-state index contributed by atoms with van der Waals surface area (Å²) < 4.78 is 0. The van der Waals surface area contributed by atoms with Crippen LogP contribution in [-0.2, 0) is 17.6 Å². The molecule has 110 valence electrons. The van der Waals surface area contributed by atoms with Gasteiger partial charge in [-0.15, -0.1) is 11.3 Å². The van der Waals surface area contributed by atoms with Crippen molar-refractivity contribution in [3.05, 3.63) is 46.7 Å². The number of aliphatic hydroxyl groups is 1. The molecule has 0 unspecified atom stereocenters. The van der Waals surface area contributed by atoms with Crippen molar-refractivity contribution in [2.45, 2.75) is 18.9 Å². The van der Waals surface area contributed by atoms with Crippen molar-refractivity contribution in [3.8, 4) is 0 Å². The van der Waals surface area contributed by atoms with Crippen LogP contribution in [-0.4, -0.2) is 45.1 Å². The smallest absolute Gasteiger partial charge is 0.227 e. The van der Waals surface area contributed by atoms with Gasteiger partial charge < -0.3 is 10.0 Å². The highest BCUT2D eigenvalue weighted by atomic mass is 32.1. The number of amides is 1. The van der Waals surface area contributed by atoms with E-state index in [-0.39, 0.29) is 11.8 Å². The summed E-state index contributed by atoms with van der Waals surface area (Å²) in [6, 6.07) is 3.91. The predicted molar refractivity (Wildman–Crippen MR) is 79.8 cm³/mol. The molecule has 0 bridgehead atoms. The van der Waals surface area contributed by atoms with Crippen molar-refractivity contribution in [1.82, 2.24) is 14.9 Å². The summed E-state index contributed by atoms with van der Waals surface area (Å²) in [7, 11) is 0. The van der Waals surface area contributed by atoms with Gasteiger partial charge in [-0.1, -0.05) is 6.07 Å². The summed E-state index contributed by atoms with van der Waals surface area (Å²) in [6.45, 7) is 0.997. The first kappa shape index (κ1) is 14.2. The normalized spacial score (nSPS) is 21.7. The minimum atomic E-state index is -0.487. The number of thiophene rings is 1. The number of likely N-dealkylation sites (tertiary alicyclic amines) is 1. The predicted octanol–water partition coefficient (Wildman–Crippen LogP) is 1.14. The lowest BCUT2D eigenvalue weighted by molar-refractivity contribution is -0.129. The molecule has 0 aromatic carbocycles. The second kappa shape index (κ2) is 6.32. The molecule has 0 aliphatic carbocycles. The number of rotatable bonds is 4. The van der Waals surface area contributed by atoms with E-state index in [9.17, 15) is 9.90 Å². The zero-order valence-electron chi connectivity index (χ0n) is 11.6. The first-order valence-electron chi connectivity index (χ1n) is 6.95. The van der Waals surface area contributed by atoms with Gasteiger partial charge in [0, 0.05) is 42.5 Å². The molecule has 2 aromatic heterocycles. The maximum atomic E-state index is 12.2. The fourth-order valence-corrected chi connectivity index (χ4v) is 3.33. The van der Waals surface area contributed by atoms with Crippen LogP contribution < -0.4 is 0 Å². The second-order valence-corrected chi connectivity index (χ2v) is 6.32. The van der Waals surface area contributed by atoms with Crippen LogP contribution in [0.25, 0.3) is 0 Å². The summed E-state index contributed by atoms with van der Waals surface area (Å²) in [5, 5.41) is 12.1. The Hall–Kier alpha value is -1.79. The maximum Gasteiger partial charge on any atom is 0.227 e. The number of aromatic nitrogens is 2. The average Bonchev–Trinajstić information content (AvgIpc) is 3.11. The number of nitrogens with zero attached hydrogens (tertiary/aromatic N) is 3. The number of hydrogen-bond acceptors (Lipinski definition) is 5. The van der Waals surface area contributed by atoms with Gasteiger partial charge in [0.15, 0.2) is 0 Å². The van der Waals surface area contributed by atoms with Gasteiger partial charge in [0.25, 0.3) is 0 Å². The molecule has 1 fully saturated rings. The average molecular weight is 303 g/mol. The van der Waals surface area contributed by atoms with Gasteiger partial charge in [0.1, 0.15) is 0 Å². The van der Waals surface area contributed by atoms with Crippen LogP contribution in [0.4, 0.5) is 0 Å². The van der Waals surface area contributed by atoms with Crippen LogP contribution in [0.2, 0.25) is 0 Å². The van der Waals surface area contributed by atoms with E-state index < -0.39 is 6.10 Å². The zero-order valence-corrected chi connectivity index (χ0v) is 12.4. The summed E-state index contributed by atoms with van der Waals surface area (Å²) in [5.41, 5.74) is 0.856.